The lowest BCUT2D eigenvalue weighted by Crippen LogP contribution is -2.56. The highest BCUT2D eigenvalue weighted by Gasteiger charge is 2.67. The van der Waals surface area contributed by atoms with Gasteiger partial charge in [0.15, 0.2) is 11.6 Å². The number of hydrogen-bond donors (Lipinski definition) is 0. The Hall–Kier alpha value is -0.860. The molecule has 0 aromatic carbocycles. The zero-order chi connectivity index (χ0) is 20.5. The van der Waals surface area contributed by atoms with E-state index in [1.807, 2.05) is 6.92 Å². The van der Waals surface area contributed by atoms with E-state index in [4.69, 9.17) is 18.9 Å². The summed E-state index contributed by atoms with van der Waals surface area (Å²) in [6.07, 6.45) is 12.7. The molecular formula is C26H36O4. The normalized spacial score (nSPS) is 45.4. The molecule has 30 heavy (non-hydrogen) atoms. The van der Waals surface area contributed by atoms with Crippen molar-refractivity contribution in [1.29, 1.82) is 0 Å². The highest BCUT2D eigenvalue weighted by atomic mass is 16.7. The van der Waals surface area contributed by atoms with Gasteiger partial charge in [0, 0.05) is 36.5 Å². The summed E-state index contributed by atoms with van der Waals surface area (Å²) in [6.45, 7) is 7.46. The standard InChI is InChI=1S/C26H36O4/c1-3-4-9-24-12-13-25(27-14-15-28-25)18-19(24)5-6-20-21-8-11-26(29-16-17-30-26)23(21,2)10-7-22(20)24/h5,20-22H,6-18H2,1-2H3/t20-,21-,22-,23-,24?/m0/s1. The van der Waals surface area contributed by atoms with Gasteiger partial charge in [0.1, 0.15) is 0 Å². The second kappa shape index (κ2) is 6.82. The van der Waals surface area contributed by atoms with E-state index in [1.54, 1.807) is 5.57 Å². The number of rotatable bonds is 1. The molecule has 4 aliphatic carbocycles. The predicted octanol–water partition coefficient (Wildman–Crippen LogP) is 4.83. The number of fused-ring (bicyclic) bond motifs is 6. The van der Waals surface area contributed by atoms with Crippen molar-refractivity contribution in [2.75, 3.05) is 26.4 Å². The molecule has 5 fully saturated rings. The van der Waals surface area contributed by atoms with Gasteiger partial charge in [-0.3, -0.25) is 0 Å². The van der Waals surface area contributed by atoms with E-state index in [0.29, 0.717) is 11.8 Å². The lowest BCUT2D eigenvalue weighted by molar-refractivity contribution is -0.244. The highest BCUT2D eigenvalue weighted by molar-refractivity contribution is 5.30. The molecule has 0 N–H and O–H groups in total. The molecule has 4 heteroatoms. The topological polar surface area (TPSA) is 36.9 Å². The van der Waals surface area contributed by atoms with Crippen LogP contribution < -0.4 is 0 Å². The van der Waals surface area contributed by atoms with Crippen molar-refractivity contribution >= 4 is 0 Å². The van der Waals surface area contributed by atoms with Gasteiger partial charge in [-0.15, -0.1) is 11.8 Å². The zero-order valence-electron chi connectivity index (χ0n) is 18.6. The maximum atomic E-state index is 6.32. The van der Waals surface area contributed by atoms with Gasteiger partial charge in [0.05, 0.1) is 26.4 Å². The molecule has 0 aromatic heterocycles. The largest absolute Gasteiger partial charge is 0.347 e. The lowest BCUT2D eigenvalue weighted by Gasteiger charge is -2.60. The average Bonchev–Trinajstić information content (AvgIpc) is 3.48. The van der Waals surface area contributed by atoms with E-state index in [2.05, 4.69) is 24.8 Å². The maximum Gasteiger partial charge on any atom is 0.174 e. The van der Waals surface area contributed by atoms with Crippen molar-refractivity contribution in [1.82, 2.24) is 0 Å². The molecule has 0 radical (unpaired) electrons. The Kier molecular flexibility index (Phi) is 4.50. The Balaban J connectivity index is 1.36. The first-order valence-corrected chi connectivity index (χ1v) is 12.2. The zero-order valence-corrected chi connectivity index (χ0v) is 18.6. The fourth-order valence-electron chi connectivity index (χ4n) is 8.62. The number of ether oxygens (including phenoxy) is 4. The van der Waals surface area contributed by atoms with Gasteiger partial charge in [-0.2, -0.15) is 0 Å². The number of hydrogen-bond acceptors (Lipinski definition) is 4. The van der Waals surface area contributed by atoms with Gasteiger partial charge in [-0.1, -0.05) is 18.6 Å². The molecular weight excluding hydrogens is 376 g/mol. The Morgan fingerprint density at radius 1 is 0.933 bits per heavy atom. The molecule has 2 spiro atoms. The summed E-state index contributed by atoms with van der Waals surface area (Å²) in [5, 5.41) is 0. The molecule has 3 saturated carbocycles. The quantitative estimate of drug-likeness (QED) is 0.457. The second-order valence-corrected chi connectivity index (χ2v) is 10.8. The smallest absolute Gasteiger partial charge is 0.174 e. The van der Waals surface area contributed by atoms with Crippen LogP contribution >= 0.6 is 0 Å². The van der Waals surface area contributed by atoms with E-state index in [-0.39, 0.29) is 22.4 Å². The van der Waals surface area contributed by atoms with E-state index in [1.165, 1.54) is 25.7 Å². The molecule has 1 unspecified atom stereocenters. The molecule has 0 aromatic rings. The summed E-state index contributed by atoms with van der Waals surface area (Å²) in [7, 11) is 0. The maximum absolute atomic E-state index is 6.32. The van der Waals surface area contributed by atoms with Crippen molar-refractivity contribution in [2.45, 2.75) is 83.2 Å². The van der Waals surface area contributed by atoms with Crippen LogP contribution in [0.1, 0.15) is 71.6 Å². The molecule has 4 nitrogen and oxygen atoms in total. The third-order valence-corrected chi connectivity index (χ3v) is 10.0. The third kappa shape index (κ3) is 2.50. The van der Waals surface area contributed by atoms with Gasteiger partial charge in [0.2, 0.25) is 0 Å². The summed E-state index contributed by atoms with van der Waals surface area (Å²) in [5.41, 5.74) is 1.95. The summed E-state index contributed by atoms with van der Waals surface area (Å²) < 4.78 is 24.9. The van der Waals surface area contributed by atoms with Crippen molar-refractivity contribution in [3.8, 4) is 11.8 Å². The molecule has 6 rings (SSSR count). The first kappa shape index (κ1) is 19.8. The summed E-state index contributed by atoms with van der Waals surface area (Å²) in [5.74, 6) is 8.18. The summed E-state index contributed by atoms with van der Waals surface area (Å²) in [6, 6.07) is 0. The van der Waals surface area contributed by atoms with Crippen LogP contribution in [0.25, 0.3) is 0 Å². The first-order chi connectivity index (χ1) is 14.6. The molecule has 2 heterocycles. The third-order valence-electron chi connectivity index (χ3n) is 10.0. The minimum Gasteiger partial charge on any atom is -0.347 e. The fraction of sp³-hybridized carbons (Fsp3) is 0.846. The van der Waals surface area contributed by atoms with Gasteiger partial charge >= 0.3 is 0 Å². The summed E-state index contributed by atoms with van der Waals surface area (Å²) in [4.78, 5) is 0. The van der Waals surface area contributed by atoms with Crippen LogP contribution in [0.3, 0.4) is 0 Å². The molecule has 164 valence electrons. The van der Waals surface area contributed by atoms with E-state index >= 15 is 0 Å². The lowest BCUT2D eigenvalue weighted by atomic mass is 9.46. The number of allylic oxidation sites excluding steroid dienone is 1. The van der Waals surface area contributed by atoms with Gasteiger partial charge < -0.3 is 18.9 Å². The van der Waals surface area contributed by atoms with Crippen LogP contribution in [0.2, 0.25) is 0 Å². The highest BCUT2D eigenvalue weighted by Crippen LogP contribution is 2.69. The Bertz CT molecular complexity index is 794. The molecule has 0 amide bonds. The van der Waals surface area contributed by atoms with Crippen LogP contribution in [0, 0.1) is 40.4 Å². The fourth-order valence-corrected chi connectivity index (χ4v) is 8.62. The van der Waals surface area contributed by atoms with Crippen LogP contribution in [0.15, 0.2) is 11.6 Å². The Morgan fingerprint density at radius 3 is 2.43 bits per heavy atom. The van der Waals surface area contributed by atoms with Crippen molar-refractivity contribution in [3.63, 3.8) is 0 Å². The van der Waals surface area contributed by atoms with Gasteiger partial charge in [0.25, 0.3) is 0 Å². The van der Waals surface area contributed by atoms with Crippen LogP contribution in [0.5, 0.6) is 0 Å². The van der Waals surface area contributed by atoms with Crippen molar-refractivity contribution < 1.29 is 18.9 Å². The Morgan fingerprint density at radius 2 is 1.67 bits per heavy atom. The van der Waals surface area contributed by atoms with Crippen LogP contribution in [0.4, 0.5) is 0 Å². The Labute approximate surface area is 181 Å². The second-order valence-electron chi connectivity index (χ2n) is 10.8. The van der Waals surface area contributed by atoms with Crippen LogP contribution in [-0.4, -0.2) is 38.0 Å². The van der Waals surface area contributed by atoms with E-state index < -0.39 is 0 Å². The first-order valence-electron chi connectivity index (χ1n) is 12.2. The summed E-state index contributed by atoms with van der Waals surface area (Å²) >= 11 is 0. The van der Waals surface area contributed by atoms with Gasteiger partial charge in [-0.25, -0.2) is 0 Å². The molecule has 2 aliphatic heterocycles. The monoisotopic (exact) mass is 412 g/mol. The van der Waals surface area contributed by atoms with Crippen LogP contribution in [-0.2, 0) is 18.9 Å². The minimum absolute atomic E-state index is 0.154. The molecule has 0 bridgehead atoms. The van der Waals surface area contributed by atoms with E-state index in [9.17, 15) is 0 Å². The molecule has 2 saturated heterocycles. The van der Waals surface area contributed by atoms with Crippen molar-refractivity contribution in [2.24, 2.45) is 28.6 Å². The van der Waals surface area contributed by atoms with Gasteiger partial charge in [-0.05, 0) is 56.8 Å². The molecule has 5 atom stereocenters. The molecule has 6 aliphatic rings. The van der Waals surface area contributed by atoms with E-state index in [0.717, 1.165) is 64.4 Å². The minimum atomic E-state index is -0.353. The predicted molar refractivity (Wildman–Crippen MR) is 113 cm³/mol. The SMILES string of the molecule is CC#CCC12CCC3(CC1=CC[C@@H]1[C@@H]2CC[C@@]2(C)[C@H]1CCC21OCCO1)OCCO3. The van der Waals surface area contributed by atoms with Crippen molar-refractivity contribution in [3.05, 3.63) is 11.6 Å². The average molecular weight is 413 g/mol.